The van der Waals surface area contributed by atoms with E-state index in [2.05, 4.69) is 10.0 Å². The molecule has 1 fully saturated rings. The van der Waals surface area contributed by atoms with E-state index < -0.39 is 10.0 Å². The van der Waals surface area contributed by atoms with Crippen molar-refractivity contribution in [2.24, 2.45) is 0 Å². The van der Waals surface area contributed by atoms with Crippen LogP contribution in [0.25, 0.3) is 0 Å². The van der Waals surface area contributed by atoms with Gasteiger partial charge >= 0.3 is 0 Å². The quantitative estimate of drug-likeness (QED) is 0.660. The second kappa shape index (κ2) is 4.57. The van der Waals surface area contributed by atoms with Gasteiger partial charge in [-0.1, -0.05) is 6.92 Å². The first-order valence-electron chi connectivity index (χ1n) is 4.77. The summed E-state index contributed by atoms with van der Waals surface area (Å²) in [6, 6.07) is 0. The molecule has 0 saturated carbocycles. The van der Waals surface area contributed by atoms with E-state index in [1.54, 1.807) is 0 Å². The molecule has 5 nitrogen and oxygen atoms in total. The molecule has 0 aliphatic carbocycles. The average molecular weight is 222 g/mol. The molecule has 0 aromatic carbocycles. The predicted molar refractivity (Wildman–Crippen MR) is 54.7 cm³/mol. The van der Waals surface area contributed by atoms with E-state index >= 15 is 0 Å². The highest BCUT2D eigenvalue weighted by Gasteiger charge is 2.31. The molecule has 1 unspecified atom stereocenters. The third-order valence-corrected chi connectivity index (χ3v) is 3.10. The van der Waals surface area contributed by atoms with Gasteiger partial charge in [-0.25, -0.2) is 13.1 Å². The number of rotatable bonds is 4. The normalized spacial score (nSPS) is 29.0. The van der Waals surface area contributed by atoms with Gasteiger partial charge in [-0.3, -0.25) is 0 Å². The number of ether oxygens (including phenoxy) is 1. The molecular weight excluding hydrogens is 204 g/mol. The van der Waals surface area contributed by atoms with Crippen LogP contribution >= 0.6 is 0 Å². The first-order chi connectivity index (χ1) is 6.47. The Balaban J connectivity index is 2.52. The van der Waals surface area contributed by atoms with Crippen molar-refractivity contribution in [2.75, 3.05) is 32.5 Å². The third-order valence-electron chi connectivity index (χ3n) is 2.44. The van der Waals surface area contributed by atoms with Crippen LogP contribution in [0.2, 0.25) is 0 Å². The number of morpholine rings is 1. The maximum absolute atomic E-state index is 10.9. The van der Waals surface area contributed by atoms with Crippen LogP contribution in [0.15, 0.2) is 0 Å². The highest BCUT2D eigenvalue weighted by molar-refractivity contribution is 7.88. The molecule has 1 aliphatic heterocycles. The number of sulfonamides is 1. The van der Waals surface area contributed by atoms with E-state index in [0.29, 0.717) is 19.7 Å². The van der Waals surface area contributed by atoms with Crippen LogP contribution in [0.5, 0.6) is 0 Å². The van der Waals surface area contributed by atoms with Crippen LogP contribution in [-0.4, -0.2) is 46.5 Å². The molecule has 1 atom stereocenters. The average Bonchev–Trinajstić information content (AvgIpc) is 2.15. The maximum Gasteiger partial charge on any atom is 0.208 e. The van der Waals surface area contributed by atoms with Crippen LogP contribution in [0, 0.1) is 0 Å². The lowest BCUT2D eigenvalue weighted by Gasteiger charge is -2.36. The minimum absolute atomic E-state index is 0.343. The second-order valence-corrected chi connectivity index (χ2v) is 5.49. The molecule has 1 heterocycles. The SMILES string of the molecule is CCC1(CNS(C)(=O)=O)CNCCO1. The maximum atomic E-state index is 10.9. The Hall–Kier alpha value is -0.170. The monoisotopic (exact) mass is 222 g/mol. The Morgan fingerprint density at radius 2 is 2.29 bits per heavy atom. The fourth-order valence-corrected chi connectivity index (χ4v) is 1.96. The minimum atomic E-state index is -3.13. The summed E-state index contributed by atoms with van der Waals surface area (Å²) in [7, 11) is -3.13. The smallest absolute Gasteiger partial charge is 0.208 e. The largest absolute Gasteiger partial charge is 0.371 e. The van der Waals surface area contributed by atoms with Gasteiger partial charge in [0.25, 0.3) is 0 Å². The molecular formula is C8H18N2O3S. The molecule has 14 heavy (non-hydrogen) atoms. The molecule has 6 heteroatoms. The Morgan fingerprint density at radius 3 is 2.71 bits per heavy atom. The van der Waals surface area contributed by atoms with E-state index in [-0.39, 0.29) is 5.60 Å². The molecule has 0 bridgehead atoms. The summed E-state index contributed by atoms with van der Waals surface area (Å²) in [5.74, 6) is 0. The molecule has 0 aromatic heterocycles. The first-order valence-corrected chi connectivity index (χ1v) is 6.66. The Bertz CT molecular complexity index is 270. The van der Waals surface area contributed by atoms with Crippen LogP contribution in [0.4, 0.5) is 0 Å². The van der Waals surface area contributed by atoms with E-state index in [9.17, 15) is 8.42 Å². The highest BCUT2D eigenvalue weighted by atomic mass is 32.2. The summed E-state index contributed by atoms with van der Waals surface area (Å²) in [6.07, 6.45) is 1.95. The van der Waals surface area contributed by atoms with Gasteiger partial charge in [0.05, 0.1) is 18.5 Å². The zero-order valence-corrected chi connectivity index (χ0v) is 9.49. The fourth-order valence-electron chi connectivity index (χ4n) is 1.44. The molecule has 0 aromatic rings. The standard InChI is InChI=1S/C8H18N2O3S/c1-3-8(6-9-4-5-13-8)7-10-14(2,11)12/h9-10H,3-7H2,1-2H3. The highest BCUT2D eigenvalue weighted by Crippen LogP contribution is 2.16. The van der Waals surface area contributed by atoms with E-state index in [4.69, 9.17) is 4.74 Å². The predicted octanol–water partition coefficient (Wildman–Crippen LogP) is -0.696. The molecule has 0 radical (unpaired) electrons. The zero-order chi connectivity index (χ0) is 10.7. The minimum Gasteiger partial charge on any atom is -0.371 e. The molecule has 2 N–H and O–H groups in total. The van der Waals surface area contributed by atoms with Crippen molar-refractivity contribution in [1.29, 1.82) is 0 Å². The van der Waals surface area contributed by atoms with Gasteiger partial charge < -0.3 is 10.1 Å². The van der Waals surface area contributed by atoms with Gasteiger partial charge in [-0.2, -0.15) is 0 Å². The lowest BCUT2D eigenvalue weighted by molar-refractivity contribution is -0.0634. The van der Waals surface area contributed by atoms with E-state index in [1.165, 1.54) is 0 Å². The topological polar surface area (TPSA) is 67.4 Å². The van der Waals surface area contributed by atoms with Crippen molar-refractivity contribution >= 4 is 10.0 Å². The summed E-state index contributed by atoms with van der Waals surface area (Å²) >= 11 is 0. The third kappa shape index (κ3) is 3.53. The molecule has 0 spiro atoms. The van der Waals surface area contributed by atoms with Crippen LogP contribution in [0.3, 0.4) is 0 Å². The Kier molecular flexibility index (Phi) is 3.88. The van der Waals surface area contributed by atoms with Crippen molar-refractivity contribution < 1.29 is 13.2 Å². The van der Waals surface area contributed by atoms with E-state index in [0.717, 1.165) is 19.2 Å². The molecule has 84 valence electrons. The fraction of sp³-hybridized carbons (Fsp3) is 1.00. The summed E-state index contributed by atoms with van der Waals surface area (Å²) in [5, 5.41) is 3.20. The molecule has 1 saturated heterocycles. The molecule has 0 amide bonds. The second-order valence-electron chi connectivity index (χ2n) is 3.66. The Labute approximate surface area is 85.3 Å². The van der Waals surface area contributed by atoms with Crippen LogP contribution in [-0.2, 0) is 14.8 Å². The van der Waals surface area contributed by atoms with Gasteiger partial charge in [-0.05, 0) is 6.42 Å². The van der Waals surface area contributed by atoms with Gasteiger partial charge in [0, 0.05) is 19.6 Å². The lowest BCUT2D eigenvalue weighted by Crippen LogP contribution is -2.55. The van der Waals surface area contributed by atoms with Crippen LogP contribution in [0.1, 0.15) is 13.3 Å². The van der Waals surface area contributed by atoms with Crippen molar-refractivity contribution in [3.8, 4) is 0 Å². The van der Waals surface area contributed by atoms with Gasteiger partial charge in [0.2, 0.25) is 10.0 Å². The van der Waals surface area contributed by atoms with Crippen LogP contribution < -0.4 is 10.0 Å². The lowest BCUT2D eigenvalue weighted by atomic mass is 10.00. The van der Waals surface area contributed by atoms with Crippen molar-refractivity contribution in [1.82, 2.24) is 10.0 Å². The van der Waals surface area contributed by atoms with Crippen molar-refractivity contribution in [3.63, 3.8) is 0 Å². The molecule has 1 aliphatic rings. The van der Waals surface area contributed by atoms with E-state index in [1.807, 2.05) is 6.92 Å². The first kappa shape index (κ1) is 11.9. The van der Waals surface area contributed by atoms with Gasteiger partial charge in [0.15, 0.2) is 0 Å². The van der Waals surface area contributed by atoms with Crippen molar-refractivity contribution in [3.05, 3.63) is 0 Å². The number of hydrogen-bond donors (Lipinski definition) is 2. The van der Waals surface area contributed by atoms with Gasteiger partial charge in [0.1, 0.15) is 0 Å². The Morgan fingerprint density at radius 1 is 1.57 bits per heavy atom. The number of hydrogen-bond acceptors (Lipinski definition) is 4. The summed E-state index contributed by atoms with van der Waals surface area (Å²) in [5.41, 5.74) is -0.374. The summed E-state index contributed by atoms with van der Waals surface area (Å²) < 4.78 is 30.0. The summed E-state index contributed by atoms with van der Waals surface area (Å²) in [4.78, 5) is 0. The number of nitrogens with one attached hydrogen (secondary N) is 2. The zero-order valence-electron chi connectivity index (χ0n) is 8.67. The van der Waals surface area contributed by atoms with Crippen molar-refractivity contribution in [2.45, 2.75) is 18.9 Å². The summed E-state index contributed by atoms with van der Waals surface area (Å²) in [6.45, 7) is 4.51. The molecule has 1 rings (SSSR count). The van der Waals surface area contributed by atoms with Gasteiger partial charge in [-0.15, -0.1) is 0 Å².